The van der Waals surface area contributed by atoms with Crippen LogP contribution in [0, 0.1) is 5.92 Å². The van der Waals surface area contributed by atoms with Crippen molar-refractivity contribution in [3.8, 4) is 0 Å². The quantitative estimate of drug-likeness (QED) is 0.748. The number of nitrogens with zero attached hydrogens (tertiary/aromatic N) is 1. The zero-order valence-corrected chi connectivity index (χ0v) is 14.5. The summed E-state index contributed by atoms with van der Waals surface area (Å²) in [7, 11) is 3.45. The third kappa shape index (κ3) is 5.78. The lowest BCUT2D eigenvalue weighted by Crippen LogP contribution is -2.34. The number of ketones is 1. The molecule has 1 atom stereocenters. The van der Waals surface area contributed by atoms with Crippen LogP contribution in [0.1, 0.15) is 31.7 Å². The van der Waals surface area contributed by atoms with Gasteiger partial charge < -0.3 is 10.2 Å². The van der Waals surface area contributed by atoms with E-state index in [1.165, 1.54) is 0 Å². The third-order valence-corrected chi connectivity index (χ3v) is 3.82. The summed E-state index contributed by atoms with van der Waals surface area (Å²) in [6.45, 7) is 4.73. The molecule has 1 aromatic carbocycles. The fourth-order valence-corrected chi connectivity index (χ4v) is 2.30. The van der Waals surface area contributed by atoms with Crippen LogP contribution in [0.4, 0.5) is 0 Å². The maximum atomic E-state index is 12.4. The summed E-state index contributed by atoms with van der Waals surface area (Å²) < 4.78 is 0. The number of hydrogen-bond acceptors (Lipinski definition) is 3. The smallest absolute Gasteiger partial charge is 0.236 e. The number of carbonyl (C=O) groups excluding carboxylic acids is 2. The van der Waals surface area contributed by atoms with Gasteiger partial charge in [0.15, 0.2) is 0 Å². The molecule has 0 unspecified atom stereocenters. The highest BCUT2D eigenvalue weighted by atomic mass is 35.5. The fraction of sp³-hybridized carbons (Fsp3) is 0.529. The van der Waals surface area contributed by atoms with Gasteiger partial charge in [-0.1, -0.05) is 37.6 Å². The Kier molecular flexibility index (Phi) is 7.56. The number of nitrogens with one attached hydrogen (secondary N) is 1. The van der Waals surface area contributed by atoms with Gasteiger partial charge in [-0.2, -0.15) is 0 Å². The number of carbonyl (C=O) groups is 2. The Balaban J connectivity index is 2.66. The van der Waals surface area contributed by atoms with Crippen molar-refractivity contribution in [1.29, 1.82) is 0 Å². The molecule has 22 heavy (non-hydrogen) atoms. The summed E-state index contributed by atoms with van der Waals surface area (Å²) in [5.41, 5.74) is 0.976. The van der Waals surface area contributed by atoms with E-state index in [1.807, 2.05) is 26.0 Å². The molecule has 4 nitrogen and oxygen atoms in total. The standard InChI is InChI=1S/C17H25ClN2O2/c1-12(2)17(22)15(13-5-7-14(18)8-6-13)9-10-19-11-16(21)20(3)4/h5-8,12,15,19H,9-11H2,1-4H3/t15-/m1/s1. The zero-order chi connectivity index (χ0) is 16.7. The first kappa shape index (κ1) is 18.7. The van der Waals surface area contributed by atoms with Gasteiger partial charge in [0.05, 0.1) is 6.54 Å². The van der Waals surface area contributed by atoms with E-state index in [0.717, 1.165) is 5.56 Å². The summed E-state index contributed by atoms with van der Waals surface area (Å²) in [4.78, 5) is 25.5. The topological polar surface area (TPSA) is 49.4 Å². The molecule has 0 spiro atoms. The summed E-state index contributed by atoms with van der Waals surface area (Å²) in [5.74, 6) is 0.0459. The number of hydrogen-bond donors (Lipinski definition) is 1. The van der Waals surface area contributed by atoms with Crippen molar-refractivity contribution in [1.82, 2.24) is 10.2 Å². The normalized spacial score (nSPS) is 12.3. The van der Waals surface area contributed by atoms with E-state index in [9.17, 15) is 9.59 Å². The molecule has 1 amide bonds. The molecule has 0 fully saturated rings. The Labute approximate surface area is 137 Å². The second kappa shape index (κ2) is 8.91. The molecule has 1 rings (SSSR count). The molecular formula is C17H25ClN2O2. The molecule has 1 N–H and O–H groups in total. The van der Waals surface area contributed by atoms with Crippen molar-refractivity contribution in [2.24, 2.45) is 5.92 Å². The summed E-state index contributed by atoms with van der Waals surface area (Å²) in [5, 5.41) is 3.76. The van der Waals surface area contributed by atoms with Crippen molar-refractivity contribution in [3.05, 3.63) is 34.9 Å². The largest absolute Gasteiger partial charge is 0.348 e. The van der Waals surface area contributed by atoms with Crippen LogP contribution in [0.2, 0.25) is 5.02 Å². The molecule has 0 aliphatic heterocycles. The molecule has 5 heteroatoms. The molecule has 0 heterocycles. The van der Waals surface area contributed by atoms with Crippen LogP contribution >= 0.6 is 11.6 Å². The van der Waals surface area contributed by atoms with Gasteiger partial charge in [0.1, 0.15) is 5.78 Å². The molecule has 1 aromatic rings. The first-order chi connectivity index (χ1) is 10.3. The molecule has 0 aliphatic carbocycles. The molecule has 0 radical (unpaired) electrons. The van der Waals surface area contributed by atoms with Crippen LogP contribution in [0.3, 0.4) is 0 Å². The molecule has 0 saturated carbocycles. The highest BCUT2D eigenvalue weighted by Crippen LogP contribution is 2.25. The first-order valence-corrected chi connectivity index (χ1v) is 7.90. The minimum absolute atomic E-state index is 0.0240. The monoisotopic (exact) mass is 324 g/mol. The Morgan fingerprint density at radius 3 is 2.27 bits per heavy atom. The van der Waals surface area contributed by atoms with E-state index in [4.69, 9.17) is 11.6 Å². The van der Waals surface area contributed by atoms with Gasteiger partial charge in [0.2, 0.25) is 5.91 Å². The van der Waals surface area contributed by atoms with Gasteiger partial charge >= 0.3 is 0 Å². The highest BCUT2D eigenvalue weighted by molar-refractivity contribution is 6.30. The van der Waals surface area contributed by atoms with Crippen LogP contribution < -0.4 is 5.32 Å². The molecule has 0 aromatic heterocycles. The zero-order valence-electron chi connectivity index (χ0n) is 13.7. The van der Waals surface area contributed by atoms with Crippen molar-refractivity contribution >= 4 is 23.3 Å². The van der Waals surface area contributed by atoms with Crippen LogP contribution in [-0.4, -0.2) is 43.8 Å². The van der Waals surface area contributed by atoms with Crippen molar-refractivity contribution in [2.75, 3.05) is 27.2 Å². The SMILES string of the molecule is CC(C)C(=O)[C@H](CCNCC(=O)N(C)C)c1ccc(Cl)cc1. The third-order valence-electron chi connectivity index (χ3n) is 3.57. The number of Topliss-reactive ketones (excluding diaryl/α,β-unsaturated/α-hetero) is 1. The Hall–Kier alpha value is -1.39. The molecule has 0 saturated heterocycles. The lowest BCUT2D eigenvalue weighted by atomic mass is 9.86. The lowest BCUT2D eigenvalue weighted by molar-refractivity contribution is -0.127. The Bertz CT molecular complexity index is 498. The predicted octanol–water partition coefficient (Wildman–Crippen LogP) is 2.72. The van der Waals surface area contributed by atoms with Crippen LogP contribution in [-0.2, 0) is 9.59 Å². The second-order valence-electron chi connectivity index (χ2n) is 5.91. The number of benzene rings is 1. The maximum absolute atomic E-state index is 12.4. The van der Waals surface area contributed by atoms with Gasteiger partial charge in [-0.15, -0.1) is 0 Å². The minimum Gasteiger partial charge on any atom is -0.348 e. The summed E-state index contributed by atoms with van der Waals surface area (Å²) in [6.07, 6.45) is 0.666. The predicted molar refractivity (Wildman–Crippen MR) is 90.2 cm³/mol. The van der Waals surface area contributed by atoms with E-state index in [2.05, 4.69) is 5.32 Å². The van der Waals surface area contributed by atoms with E-state index in [1.54, 1.807) is 31.1 Å². The van der Waals surface area contributed by atoms with E-state index < -0.39 is 0 Å². The molecule has 0 bridgehead atoms. The van der Waals surface area contributed by atoms with Crippen molar-refractivity contribution < 1.29 is 9.59 Å². The number of halogens is 1. The van der Waals surface area contributed by atoms with Crippen LogP contribution in [0.15, 0.2) is 24.3 Å². The minimum atomic E-state index is -0.167. The van der Waals surface area contributed by atoms with Crippen LogP contribution in [0.5, 0.6) is 0 Å². The van der Waals surface area contributed by atoms with Gasteiger partial charge in [-0.25, -0.2) is 0 Å². The van der Waals surface area contributed by atoms with E-state index >= 15 is 0 Å². The fourth-order valence-electron chi connectivity index (χ4n) is 2.17. The summed E-state index contributed by atoms with van der Waals surface area (Å²) in [6, 6.07) is 7.41. The molecular weight excluding hydrogens is 300 g/mol. The number of rotatable bonds is 8. The highest BCUT2D eigenvalue weighted by Gasteiger charge is 2.22. The van der Waals surface area contributed by atoms with Crippen LogP contribution in [0.25, 0.3) is 0 Å². The van der Waals surface area contributed by atoms with Gasteiger partial charge in [-0.05, 0) is 30.7 Å². The van der Waals surface area contributed by atoms with E-state index in [-0.39, 0.29) is 30.1 Å². The number of likely N-dealkylation sites (N-methyl/N-ethyl adjacent to an activating group) is 1. The average molecular weight is 325 g/mol. The second-order valence-corrected chi connectivity index (χ2v) is 6.35. The van der Waals surface area contributed by atoms with Crippen molar-refractivity contribution in [3.63, 3.8) is 0 Å². The molecule has 122 valence electrons. The van der Waals surface area contributed by atoms with Gasteiger partial charge in [0, 0.05) is 31.0 Å². The first-order valence-electron chi connectivity index (χ1n) is 7.53. The maximum Gasteiger partial charge on any atom is 0.236 e. The number of amides is 1. The van der Waals surface area contributed by atoms with Gasteiger partial charge in [-0.3, -0.25) is 9.59 Å². The Morgan fingerprint density at radius 2 is 1.77 bits per heavy atom. The molecule has 0 aliphatic rings. The van der Waals surface area contributed by atoms with Gasteiger partial charge in [0.25, 0.3) is 0 Å². The van der Waals surface area contributed by atoms with E-state index in [0.29, 0.717) is 18.0 Å². The lowest BCUT2D eigenvalue weighted by Gasteiger charge is -2.19. The van der Waals surface area contributed by atoms with Crippen molar-refractivity contribution in [2.45, 2.75) is 26.2 Å². The average Bonchev–Trinajstić information content (AvgIpc) is 2.47. The summed E-state index contributed by atoms with van der Waals surface area (Å²) >= 11 is 5.91. The Morgan fingerprint density at radius 1 is 1.18 bits per heavy atom.